The van der Waals surface area contributed by atoms with Crippen molar-refractivity contribution in [1.82, 2.24) is 15.2 Å². The van der Waals surface area contributed by atoms with E-state index in [1.807, 2.05) is 72.1 Å². The van der Waals surface area contributed by atoms with E-state index in [9.17, 15) is 14.4 Å². The quantitative estimate of drug-likeness (QED) is 0.234. The number of amides is 3. The monoisotopic (exact) mass is 614 g/mol. The van der Waals surface area contributed by atoms with Gasteiger partial charge >= 0.3 is 6.09 Å². The van der Waals surface area contributed by atoms with Gasteiger partial charge in [-0.25, -0.2) is 9.78 Å². The summed E-state index contributed by atoms with van der Waals surface area (Å²) in [6.07, 6.45) is 1.49. The lowest BCUT2D eigenvalue weighted by Crippen LogP contribution is -2.45. The first-order valence-electron chi connectivity index (χ1n) is 13.9. The van der Waals surface area contributed by atoms with Crippen LogP contribution in [0.5, 0.6) is 5.75 Å². The van der Waals surface area contributed by atoms with Gasteiger partial charge in [0, 0.05) is 28.3 Å². The Bertz CT molecular complexity index is 1610. The van der Waals surface area contributed by atoms with Crippen molar-refractivity contribution in [2.75, 3.05) is 18.2 Å². The van der Waals surface area contributed by atoms with Gasteiger partial charge in [-0.1, -0.05) is 54.6 Å². The zero-order valence-electron chi connectivity index (χ0n) is 23.4. The lowest BCUT2D eigenvalue weighted by Gasteiger charge is -2.28. The number of carbonyl (C=O) groups is 3. The topological polar surface area (TPSA) is 110 Å². The van der Waals surface area contributed by atoms with Crippen LogP contribution in [0.25, 0.3) is 11.3 Å². The van der Waals surface area contributed by atoms with Crippen LogP contribution in [0.4, 0.5) is 9.93 Å². The zero-order chi connectivity index (χ0) is 29.8. The SMILES string of the molecule is COc1cccc([C@H]2SCC(C(=O)Nc3nc(-c4ccc(C(=O)NC5CC5)cc4)cs3)N2C(=O)OCc2ccccc2)c1. The molecular formula is C32H30N4O5S2. The lowest BCUT2D eigenvalue weighted by molar-refractivity contribution is -0.120. The van der Waals surface area contributed by atoms with Gasteiger partial charge in [-0.15, -0.1) is 23.1 Å². The number of rotatable bonds is 9. The molecule has 2 atom stereocenters. The maximum Gasteiger partial charge on any atom is 0.412 e. The highest BCUT2D eigenvalue weighted by molar-refractivity contribution is 7.99. The van der Waals surface area contributed by atoms with Crippen molar-refractivity contribution in [1.29, 1.82) is 0 Å². The maximum absolute atomic E-state index is 13.6. The molecule has 220 valence electrons. The van der Waals surface area contributed by atoms with Crippen LogP contribution in [-0.4, -0.2) is 52.7 Å². The van der Waals surface area contributed by atoms with Crippen molar-refractivity contribution in [3.8, 4) is 17.0 Å². The summed E-state index contributed by atoms with van der Waals surface area (Å²) in [5, 5.41) is 7.72. The molecule has 1 saturated carbocycles. The molecule has 3 aromatic carbocycles. The highest BCUT2D eigenvalue weighted by Crippen LogP contribution is 2.43. The summed E-state index contributed by atoms with van der Waals surface area (Å²) in [6, 6.07) is 23.7. The average Bonchev–Trinajstić information content (AvgIpc) is 3.54. The first-order valence-corrected chi connectivity index (χ1v) is 15.8. The van der Waals surface area contributed by atoms with E-state index >= 15 is 0 Å². The summed E-state index contributed by atoms with van der Waals surface area (Å²) in [4.78, 5) is 45.5. The third-order valence-corrected chi connectivity index (χ3v) is 9.27. The van der Waals surface area contributed by atoms with E-state index in [0.29, 0.717) is 33.9 Å². The molecule has 2 N–H and O–H groups in total. The van der Waals surface area contributed by atoms with Gasteiger partial charge < -0.3 is 20.1 Å². The predicted octanol–water partition coefficient (Wildman–Crippen LogP) is 6.10. The van der Waals surface area contributed by atoms with Crippen molar-refractivity contribution in [3.63, 3.8) is 0 Å². The van der Waals surface area contributed by atoms with Crippen LogP contribution in [0, 0.1) is 0 Å². The molecule has 1 aliphatic carbocycles. The summed E-state index contributed by atoms with van der Waals surface area (Å²) in [5.41, 5.74) is 3.81. The fourth-order valence-electron chi connectivity index (χ4n) is 4.72. The number of hydrogen-bond acceptors (Lipinski definition) is 8. The molecule has 0 spiro atoms. The summed E-state index contributed by atoms with van der Waals surface area (Å²) in [5.74, 6) is 0.628. The molecule has 9 nitrogen and oxygen atoms in total. The molecule has 2 aliphatic rings. The molecule has 11 heteroatoms. The van der Waals surface area contributed by atoms with Gasteiger partial charge in [0.15, 0.2) is 5.13 Å². The normalized spacial score (nSPS) is 17.7. The van der Waals surface area contributed by atoms with Gasteiger partial charge in [0.2, 0.25) is 5.91 Å². The molecule has 43 heavy (non-hydrogen) atoms. The van der Waals surface area contributed by atoms with Crippen LogP contribution < -0.4 is 15.4 Å². The Morgan fingerprint density at radius 2 is 1.79 bits per heavy atom. The standard InChI is InChI=1S/C32H30N4O5S2/c1-40-25-9-5-8-23(16-25)30-36(32(39)41-17-20-6-3-2-4-7-20)27(19-42-30)29(38)35-31-34-26(18-43-31)21-10-12-22(13-11-21)28(37)33-24-14-15-24/h2-13,16,18,24,27,30H,14-15,17,19H2,1H3,(H,33,37)(H,34,35,38)/t27?,30-/m1/s1. The van der Waals surface area contributed by atoms with Crippen LogP contribution >= 0.6 is 23.1 Å². The van der Waals surface area contributed by atoms with Gasteiger partial charge in [-0.2, -0.15) is 0 Å². The molecule has 0 bridgehead atoms. The molecule has 1 aliphatic heterocycles. The van der Waals surface area contributed by atoms with E-state index in [4.69, 9.17) is 9.47 Å². The van der Waals surface area contributed by atoms with Crippen LogP contribution in [0.1, 0.15) is 39.7 Å². The molecule has 3 amide bonds. The Hall–Kier alpha value is -4.35. The number of ether oxygens (including phenoxy) is 2. The Labute approximate surface area is 257 Å². The van der Waals surface area contributed by atoms with E-state index in [1.165, 1.54) is 28.0 Å². The van der Waals surface area contributed by atoms with Gasteiger partial charge in [-0.05, 0) is 48.2 Å². The molecule has 2 fully saturated rings. The Balaban J connectivity index is 1.16. The second-order valence-electron chi connectivity index (χ2n) is 10.3. The number of hydrogen-bond donors (Lipinski definition) is 2. The lowest BCUT2D eigenvalue weighted by atomic mass is 10.1. The fourth-order valence-corrected chi connectivity index (χ4v) is 6.85. The Morgan fingerprint density at radius 1 is 1.00 bits per heavy atom. The van der Waals surface area contributed by atoms with Gasteiger partial charge in [0.05, 0.1) is 12.8 Å². The molecule has 2 heterocycles. The summed E-state index contributed by atoms with van der Waals surface area (Å²) < 4.78 is 11.1. The number of aromatic nitrogens is 1. The van der Waals surface area contributed by atoms with Gasteiger partial charge in [-0.3, -0.25) is 14.5 Å². The van der Waals surface area contributed by atoms with Crippen molar-refractivity contribution in [2.24, 2.45) is 0 Å². The number of nitrogens with one attached hydrogen (secondary N) is 2. The van der Waals surface area contributed by atoms with E-state index in [1.54, 1.807) is 19.2 Å². The minimum Gasteiger partial charge on any atom is -0.497 e. The van der Waals surface area contributed by atoms with E-state index in [2.05, 4.69) is 15.6 Å². The summed E-state index contributed by atoms with van der Waals surface area (Å²) in [7, 11) is 1.59. The molecule has 4 aromatic rings. The van der Waals surface area contributed by atoms with Crippen molar-refractivity contribution < 1.29 is 23.9 Å². The third kappa shape index (κ3) is 6.84. The average molecular weight is 615 g/mol. The Morgan fingerprint density at radius 3 is 2.53 bits per heavy atom. The zero-order valence-corrected chi connectivity index (χ0v) is 25.0. The van der Waals surface area contributed by atoms with Crippen LogP contribution in [0.15, 0.2) is 84.2 Å². The van der Waals surface area contributed by atoms with Crippen LogP contribution in [0.3, 0.4) is 0 Å². The van der Waals surface area contributed by atoms with Gasteiger partial charge in [0.25, 0.3) is 5.91 Å². The van der Waals surface area contributed by atoms with E-state index in [-0.39, 0.29) is 18.4 Å². The summed E-state index contributed by atoms with van der Waals surface area (Å²) >= 11 is 2.79. The highest BCUT2D eigenvalue weighted by Gasteiger charge is 2.43. The maximum atomic E-state index is 13.6. The molecule has 1 saturated heterocycles. The summed E-state index contributed by atoms with van der Waals surface area (Å²) in [6.45, 7) is 0.0941. The van der Waals surface area contributed by atoms with E-state index in [0.717, 1.165) is 29.5 Å². The Kier molecular flexibility index (Phi) is 8.62. The largest absolute Gasteiger partial charge is 0.497 e. The minimum atomic E-state index is -0.777. The van der Waals surface area contributed by atoms with Crippen LogP contribution in [0.2, 0.25) is 0 Å². The number of anilines is 1. The molecule has 0 radical (unpaired) electrons. The molecular weight excluding hydrogens is 585 g/mol. The second kappa shape index (κ2) is 12.9. The number of thioether (sulfide) groups is 1. The molecule has 1 aromatic heterocycles. The third-order valence-electron chi connectivity index (χ3n) is 7.19. The van der Waals surface area contributed by atoms with Crippen molar-refractivity contribution >= 4 is 46.1 Å². The van der Waals surface area contributed by atoms with Gasteiger partial charge in [0.1, 0.15) is 23.8 Å². The highest BCUT2D eigenvalue weighted by atomic mass is 32.2. The number of methoxy groups -OCH3 is 1. The van der Waals surface area contributed by atoms with E-state index < -0.39 is 17.5 Å². The number of benzene rings is 3. The molecule has 1 unspecified atom stereocenters. The predicted molar refractivity (Wildman–Crippen MR) is 167 cm³/mol. The second-order valence-corrected chi connectivity index (χ2v) is 12.2. The fraction of sp³-hybridized carbons (Fsp3) is 0.250. The first kappa shape index (κ1) is 28.8. The smallest absolute Gasteiger partial charge is 0.412 e. The minimum absolute atomic E-state index is 0.0752. The molecule has 6 rings (SSSR count). The number of nitrogens with zero attached hydrogens (tertiary/aromatic N) is 2. The van der Waals surface area contributed by atoms with Crippen molar-refractivity contribution in [2.45, 2.75) is 36.9 Å². The number of carbonyl (C=O) groups excluding carboxylic acids is 3. The number of thiazole rings is 1. The first-order chi connectivity index (χ1) is 21.0. The van der Waals surface area contributed by atoms with Crippen molar-refractivity contribution in [3.05, 3.63) is 101 Å². The van der Waals surface area contributed by atoms with Crippen LogP contribution in [-0.2, 0) is 16.1 Å².